The van der Waals surface area contributed by atoms with Crippen molar-refractivity contribution in [3.8, 4) is 0 Å². The van der Waals surface area contributed by atoms with Gasteiger partial charge in [-0.15, -0.1) is 0 Å². The largest absolute Gasteiger partial charge is 0.444 e. The van der Waals surface area contributed by atoms with Crippen molar-refractivity contribution in [1.29, 1.82) is 0 Å². The standard InChI is InChI=1S/C14H24N4O2/c1-5-18-12-6-7-17(13(19)20-14(2,3)4)9-10(12)11(8-15)16-18/h5-9,15H2,1-4H3. The van der Waals surface area contributed by atoms with Crippen LogP contribution in [0.1, 0.15) is 44.6 Å². The minimum Gasteiger partial charge on any atom is -0.444 e. The minimum absolute atomic E-state index is 0.268. The molecule has 112 valence electrons. The van der Waals surface area contributed by atoms with Crippen LogP contribution < -0.4 is 5.73 Å². The molecule has 1 aromatic heterocycles. The first kappa shape index (κ1) is 14.8. The minimum atomic E-state index is -0.471. The Morgan fingerprint density at radius 3 is 2.70 bits per heavy atom. The number of aromatic nitrogens is 2. The number of ether oxygens (including phenoxy) is 1. The second-order valence-corrected chi connectivity index (χ2v) is 6.04. The van der Waals surface area contributed by atoms with Gasteiger partial charge in [-0.05, 0) is 27.7 Å². The summed E-state index contributed by atoms with van der Waals surface area (Å²) in [5.74, 6) is 0. The van der Waals surface area contributed by atoms with Gasteiger partial charge in [-0.2, -0.15) is 5.10 Å². The fourth-order valence-corrected chi connectivity index (χ4v) is 2.47. The summed E-state index contributed by atoms with van der Waals surface area (Å²) in [7, 11) is 0. The van der Waals surface area contributed by atoms with Crippen LogP contribution in [-0.2, 0) is 30.8 Å². The molecule has 20 heavy (non-hydrogen) atoms. The van der Waals surface area contributed by atoms with E-state index in [1.165, 1.54) is 5.69 Å². The lowest BCUT2D eigenvalue weighted by Gasteiger charge is -2.30. The second kappa shape index (κ2) is 5.44. The van der Waals surface area contributed by atoms with Crippen LogP contribution in [0.2, 0.25) is 0 Å². The van der Waals surface area contributed by atoms with Gasteiger partial charge in [0.15, 0.2) is 0 Å². The average molecular weight is 280 g/mol. The lowest BCUT2D eigenvalue weighted by molar-refractivity contribution is 0.0222. The van der Waals surface area contributed by atoms with E-state index in [4.69, 9.17) is 10.5 Å². The zero-order valence-electron chi connectivity index (χ0n) is 12.8. The molecule has 0 atom stereocenters. The zero-order valence-corrected chi connectivity index (χ0v) is 12.8. The van der Waals surface area contributed by atoms with Gasteiger partial charge in [-0.25, -0.2) is 4.79 Å². The van der Waals surface area contributed by atoms with Gasteiger partial charge < -0.3 is 15.4 Å². The van der Waals surface area contributed by atoms with E-state index in [2.05, 4.69) is 12.0 Å². The maximum atomic E-state index is 12.1. The summed E-state index contributed by atoms with van der Waals surface area (Å²) in [5.41, 5.74) is 8.46. The predicted octanol–water partition coefficient (Wildman–Crippen LogP) is 1.65. The number of carbonyl (C=O) groups is 1. The van der Waals surface area contributed by atoms with Crippen molar-refractivity contribution in [3.63, 3.8) is 0 Å². The van der Waals surface area contributed by atoms with Gasteiger partial charge in [0.2, 0.25) is 0 Å². The van der Waals surface area contributed by atoms with Gasteiger partial charge in [0.05, 0.1) is 12.2 Å². The molecule has 0 saturated carbocycles. The molecule has 0 saturated heterocycles. The first-order valence-corrected chi connectivity index (χ1v) is 7.11. The summed E-state index contributed by atoms with van der Waals surface area (Å²) in [6, 6.07) is 0. The van der Waals surface area contributed by atoms with Crippen molar-refractivity contribution in [2.24, 2.45) is 5.73 Å². The molecule has 1 amide bonds. The second-order valence-electron chi connectivity index (χ2n) is 6.04. The summed E-state index contributed by atoms with van der Waals surface area (Å²) in [4.78, 5) is 13.9. The molecule has 2 rings (SSSR count). The molecule has 0 radical (unpaired) electrons. The van der Waals surface area contributed by atoms with E-state index in [1.807, 2.05) is 25.5 Å². The highest BCUT2D eigenvalue weighted by molar-refractivity contribution is 5.68. The normalized spacial score (nSPS) is 15.2. The highest BCUT2D eigenvalue weighted by atomic mass is 16.6. The molecular weight excluding hydrogens is 256 g/mol. The Kier molecular flexibility index (Phi) is 4.04. The Bertz CT molecular complexity index is 502. The van der Waals surface area contributed by atoms with E-state index in [0.29, 0.717) is 19.6 Å². The smallest absolute Gasteiger partial charge is 0.410 e. The quantitative estimate of drug-likeness (QED) is 0.894. The number of rotatable bonds is 2. The molecule has 1 aromatic rings. The summed E-state index contributed by atoms with van der Waals surface area (Å²) in [6.07, 6.45) is 0.533. The Hall–Kier alpha value is -1.56. The SMILES string of the molecule is CCn1nc(CN)c2c1CCN(C(=O)OC(C)(C)C)C2. The van der Waals surface area contributed by atoms with Crippen molar-refractivity contribution < 1.29 is 9.53 Å². The van der Waals surface area contributed by atoms with Crippen LogP contribution >= 0.6 is 0 Å². The fraction of sp³-hybridized carbons (Fsp3) is 0.714. The highest BCUT2D eigenvalue weighted by Crippen LogP contribution is 2.24. The summed E-state index contributed by atoms with van der Waals surface area (Å²) >= 11 is 0. The number of nitrogens with zero attached hydrogens (tertiary/aromatic N) is 3. The third-order valence-corrected chi connectivity index (χ3v) is 3.36. The van der Waals surface area contributed by atoms with E-state index in [9.17, 15) is 4.79 Å². The number of fused-ring (bicyclic) bond motifs is 1. The van der Waals surface area contributed by atoms with Crippen molar-refractivity contribution >= 4 is 6.09 Å². The predicted molar refractivity (Wildman–Crippen MR) is 76.1 cm³/mol. The Balaban J connectivity index is 2.18. The molecular formula is C14H24N4O2. The molecule has 0 fully saturated rings. The molecule has 2 heterocycles. The van der Waals surface area contributed by atoms with Crippen LogP contribution in [0.15, 0.2) is 0 Å². The molecule has 1 aliphatic rings. The van der Waals surface area contributed by atoms with E-state index in [-0.39, 0.29) is 6.09 Å². The van der Waals surface area contributed by atoms with Crippen molar-refractivity contribution in [3.05, 3.63) is 17.0 Å². The van der Waals surface area contributed by atoms with Crippen molar-refractivity contribution in [2.45, 2.75) is 59.4 Å². The maximum Gasteiger partial charge on any atom is 0.410 e. The zero-order chi connectivity index (χ0) is 14.9. The lowest BCUT2D eigenvalue weighted by Crippen LogP contribution is -2.40. The molecule has 0 bridgehead atoms. The van der Waals surface area contributed by atoms with Crippen LogP contribution in [0.25, 0.3) is 0 Å². The van der Waals surface area contributed by atoms with Crippen LogP contribution in [0.3, 0.4) is 0 Å². The third kappa shape index (κ3) is 2.95. The summed E-state index contributed by atoms with van der Waals surface area (Å²) in [6.45, 7) is 10.1. The highest BCUT2D eigenvalue weighted by Gasteiger charge is 2.29. The van der Waals surface area contributed by atoms with Crippen molar-refractivity contribution in [2.75, 3.05) is 6.54 Å². The molecule has 2 N–H and O–H groups in total. The molecule has 6 nitrogen and oxygen atoms in total. The van der Waals surface area contributed by atoms with E-state index >= 15 is 0 Å². The van der Waals surface area contributed by atoms with Gasteiger partial charge >= 0.3 is 6.09 Å². The van der Waals surface area contributed by atoms with E-state index in [1.54, 1.807) is 4.90 Å². The van der Waals surface area contributed by atoms with E-state index in [0.717, 1.165) is 24.2 Å². The molecule has 1 aliphatic heterocycles. The molecule has 0 spiro atoms. The molecule has 0 aromatic carbocycles. The third-order valence-electron chi connectivity index (χ3n) is 3.36. The first-order valence-electron chi connectivity index (χ1n) is 7.11. The number of nitrogens with two attached hydrogens (primary N) is 1. The maximum absolute atomic E-state index is 12.1. The van der Waals surface area contributed by atoms with Gasteiger partial charge in [0.1, 0.15) is 5.60 Å². The van der Waals surface area contributed by atoms with Gasteiger partial charge in [-0.1, -0.05) is 0 Å². The monoisotopic (exact) mass is 280 g/mol. The number of aryl methyl sites for hydroxylation is 1. The van der Waals surface area contributed by atoms with Crippen molar-refractivity contribution in [1.82, 2.24) is 14.7 Å². The van der Waals surface area contributed by atoms with Crippen LogP contribution in [0.4, 0.5) is 4.79 Å². The Morgan fingerprint density at radius 2 is 2.15 bits per heavy atom. The Morgan fingerprint density at radius 1 is 1.45 bits per heavy atom. The van der Waals surface area contributed by atoms with Gasteiger partial charge in [0, 0.05) is 37.3 Å². The number of hydrogen-bond acceptors (Lipinski definition) is 4. The average Bonchev–Trinajstić information content (AvgIpc) is 2.73. The lowest BCUT2D eigenvalue weighted by atomic mass is 10.1. The summed E-state index contributed by atoms with van der Waals surface area (Å²) < 4.78 is 7.42. The van der Waals surface area contributed by atoms with Gasteiger partial charge in [-0.3, -0.25) is 4.68 Å². The van der Waals surface area contributed by atoms with Gasteiger partial charge in [0.25, 0.3) is 0 Å². The molecule has 0 aliphatic carbocycles. The fourth-order valence-electron chi connectivity index (χ4n) is 2.47. The number of amides is 1. The Labute approximate surface area is 119 Å². The summed E-state index contributed by atoms with van der Waals surface area (Å²) in [5, 5.41) is 4.51. The van der Waals surface area contributed by atoms with Crippen LogP contribution in [0, 0.1) is 0 Å². The molecule has 0 unspecified atom stereocenters. The topological polar surface area (TPSA) is 73.4 Å². The number of hydrogen-bond donors (Lipinski definition) is 1. The molecule has 6 heteroatoms. The van der Waals surface area contributed by atoms with E-state index < -0.39 is 5.60 Å². The first-order chi connectivity index (χ1) is 9.35. The number of carbonyl (C=O) groups excluding carboxylic acids is 1. The van der Waals surface area contributed by atoms with Crippen LogP contribution in [-0.4, -0.2) is 32.9 Å². The van der Waals surface area contributed by atoms with Crippen LogP contribution in [0.5, 0.6) is 0 Å².